The van der Waals surface area contributed by atoms with E-state index in [-0.39, 0.29) is 17.7 Å². The van der Waals surface area contributed by atoms with Gasteiger partial charge in [0, 0.05) is 40.6 Å². The van der Waals surface area contributed by atoms with Crippen molar-refractivity contribution in [2.75, 3.05) is 32.7 Å². The molecule has 0 aromatic heterocycles. The zero-order valence-electron chi connectivity index (χ0n) is 16.2. The second-order valence-corrected chi connectivity index (χ2v) is 9.28. The van der Waals surface area contributed by atoms with Crippen molar-refractivity contribution in [2.45, 2.75) is 38.5 Å². The Hall–Kier alpha value is -1.11. The van der Waals surface area contributed by atoms with Crippen LogP contribution >= 0.6 is 27.5 Å². The van der Waals surface area contributed by atoms with Gasteiger partial charge in [-0.25, -0.2) is 0 Å². The summed E-state index contributed by atoms with van der Waals surface area (Å²) in [4.78, 5) is 26.8. The predicted octanol–water partition coefficient (Wildman–Crippen LogP) is 3.85. The summed E-state index contributed by atoms with van der Waals surface area (Å²) >= 11 is 9.38. The van der Waals surface area contributed by atoms with Crippen LogP contribution < -0.4 is 10.6 Å². The molecule has 2 N–H and O–H groups in total. The highest BCUT2D eigenvalue weighted by Crippen LogP contribution is 2.24. The fourth-order valence-corrected chi connectivity index (χ4v) is 4.97. The highest BCUT2D eigenvalue weighted by atomic mass is 79.9. The lowest BCUT2D eigenvalue weighted by Crippen LogP contribution is -2.42. The van der Waals surface area contributed by atoms with Gasteiger partial charge in [-0.1, -0.05) is 40.4 Å². The van der Waals surface area contributed by atoms with E-state index in [1.54, 1.807) is 18.2 Å². The number of nitrogens with one attached hydrogen (secondary N) is 2. The van der Waals surface area contributed by atoms with Gasteiger partial charge in [0.25, 0.3) is 5.91 Å². The number of nitrogens with zero attached hydrogens (tertiary/aromatic N) is 1. The van der Waals surface area contributed by atoms with E-state index in [2.05, 4.69) is 31.5 Å². The summed E-state index contributed by atoms with van der Waals surface area (Å²) in [5.41, 5.74) is 0.579. The molecule has 2 fully saturated rings. The van der Waals surface area contributed by atoms with E-state index in [9.17, 15) is 9.59 Å². The van der Waals surface area contributed by atoms with Gasteiger partial charge in [-0.3, -0.25) is 9.59 Å². The normalized spacial score (nSPS) is 18.9. The Morgan fingerprint density at radius 2 is 1.79 bits per heavy atom. The summed E-state index contributed by atoms with van der Waals surface area (Å²) in [5.74, 6) is 0.897. The summed E-state index contributed by atoms with van der Waals surface area (Å²) in [6, 6.07) is 5.23. The van der Waals surface area contributed by atoms with Crippen LogP contribution in [-0.2, 0) is 4.79 Å². The van der Waals surface area contributed by atoms with Crippen LogP contribution in [0.2, 0.25) is 5.02 Å². The van der Waals surface area contributed by atoms with Gasteiger partial charge < -0.3 is 15.5 Å². The first-order valence-corrected chi connectivity index (χ1v) is 11.4. The number of carbonyl (C=O) groups excluding carboxylic acids is 2. The second kappa shape index (κ2) is 10.6. The van der Waals surface area contributed by atoms with Crippen molar-refractivity contribution in [3.63, 3.8) is 0 Å². The van der Waals surface area contributed by atoms with E-state index >= 15 is 0 Å². The molecule has 154 valence electrons. The van der Waals surface area contributed by atoms with Crippen LogP contribution in [0.1, 0.15) is 48.9 Å². The van der Waals surface area contributed by atoms with Crippen molar-refractivity contribution in [3.8, 4) is 0 Å². The molecule has 1 saturated carbocycles. The van der Waals surface area contributed by atoms with Gasteiger partial charge in [-0.15, -0.1) is 0 Å². The number of benzene rings is 1. The summed E-state index contributed by atoms with van der Waals surface area (Å²) in [6.07, 6.45) is 6.61. The van der Waals surface area contributed by atoms with Crippen molar-refractivity contribution in [1.82, 2.24) is 15.5 Å². The molecule has 0 bridgehead atoms. The molecular weight excluding hydrogens is 442 g/mol. The smallest absolute Gasteiger partial charge is 0.251 e. The lowest BCUT2D eigenvalue weighted by molar-refractivity contribution is -0.124. The van der Waals surface area contributed by atoms with E-state index in [4.69, 9.17) is 11.6 Å². The van der Waals surface area contributed by atoms with Crippen molar-refractivity contribution in [3.05, 3.63) is 33.3 Å². The first-order valence-electron chi connectivity index (χ1n) is 10.3. The molecule has 0 unspecified atom stereocenters. The molecule has 1 aromatic carbocycles. The molecule has 2 aliphatic rings. The molecule has 1 aromatic rings. The molecule has 28 heavy (non-hydrogen) atoms. The van der Waals surface area contributed by atoms with Crippen LogP contribution in [-0.4, -0.2) is 49.4 Å². The van der Waals surface area contributed by atoms with Crippen molar-refractivity contribution in [1.29, 1.82) is 0 Å². The van der Waals surface area contributed by atoms with Gasteiger partial charge in [0.05, 0.1) is 0 Å². The van der Waals surface area contributed by atoms with Crippen molar-refractivity contribution in [2.24, 2.45) is 11.8 Å². The Labute approximate surface area is 180 Å². The van der Waals surface area contributed by atoms with Gasteiger partial charge in [0.1, 0.15) is 0 Å². The van der Waals surface area contributed by atoms with Crippen molar-refractivity contribution >= 4 is 39.3 Å². The number of amides is 2. The van der Waals surface area contributed by atoms with E-state index < -0.39 is 0 Å². The second-order valence-electron chi connectivity index (χ2n) is 7.93. The molecule has 0 spiro atoms. The predicted molar refractivity (Wildman–Crippen MR) is 116 cm³/mol. The fourth-order valence-electron chi connectivity index (χ4n) is 4.11. The first-order chi connectivity index (χ1) is 13.5. The number of hydrogen-bond acceptors (Lipinski definition) is 3. The molecule has 1 aliphatic carbocycles. The Bertz CT molecular complexity index is 666. The minimum Gasteiger partial charge on any atom is -0.355 e. The molecule has 1 aliphatic heterocycles. The van der Waals surface area contributed by atoms with Gasteiger partial charge in [0.15, 0.2) is 0 Å². The maximum atomic E-state index is 12.3. The third kappa shape index (κ3) is 6.46. The SMILES string of the molecule is O=C(NCC1CCN(CCNC(=O)C2CCCC2)CC1)c1cc(Cl)cc(Br)c1. The van der Waals surface area contributed by atoms with Crippen LogP contribution in [0, 0.1) is 11.8 Å². The molecular formula is C21H29BrClN3O2. The topological polar surface area (TPSA) is 61.4 Å². The largest absolute Gasteiger partial charge is 0.355 e. The van der Waals surface area contributed by atoms with E-state index in [1.807, 2.05) is 0 Å². The molecule has 0 radical (unpaired) electrons. The number of likely N-dealkylation sites (tertiary alicyclic amines) is 1. The minimum atomic E-state index is -0.0831. The fraction of sp³-hybridized carbons (Fsp3) is 0.619. The lowest BCUT2D eigenvalue weighted by atomic mass is 9.96. The monoisotopic (exact) mass is 469 g/mol. The zero-order valence-corrected chi connectivity index (χ0v) is 18.5. The summed E-state index contributed by atoms with van der Waals surface area (Å²) < 4.78 is 0.804. The van der Waals surface area contributed by atoms with Crippen LogP contribution in [0.4, 0.5) is 0 Å². The molecule has 2 amide bonds. The van der Waals surface area contributed by atoms with Crippen LogP contribution in [0.3, 0.4) is 0 Å². The maximum Gasteiger partial charge on any atom is 0.251 e. The summed E-state index contributed by atoms with van der Waals surface area (Å²) in [6.45, 7) is 4.37. The van der Waals surface area contributed by atoms with Crippen LogP contribution in [0.15, 0.2) is 22.7 Å². The Morgan fingerprint density at radius 3 is 2.46 bits per heavy atom. The van der Waals surface area contributed by atoms with E-state index in [0.29, 0.717) is 23.0 Å². The van der Waals surface area contributed by atoms with Crippen molar-refractivity contribution < 1.29 is 9.59 Å². The summed E-state index contributed by atoms with van der Waals surface area (Å²) in [5, 5.41) is 6.68. The number of piperidine rings is 1. The highest BCUT2D eigenvalue weighted by Gasteiger charge is 2.23. The average Bonchev–Trinajstić information content (AvgIpc) is 3.21. The van der Waals surface area contributed by atoms with Gasteiger partial charge in [-0.2, -0.15) is 0 Å². The van der Waals surface area contributed by atoms with Crippen LogP contribution in [0.5, 0.6) is 0 Å². The number of carbonyl (C=O) groups is 2. The Balaban J connectivity index is 1.31. The molecule has 0 atom stereocenters. The molecule has 1 saturated heterocycles. The highest BCUT2D eigenvalue weighted by molar-refractivity contribution is 9.10. The van der Waals surface area contributed by atoms with Gasteiger partial charge in [-0.05, 0) is 62.9 Å². The Kier molecular flexibility index (Phi) is 8.18. The lowest BCUT2D eigenvalue weighted by Gasteiger charge is -2.32. The summed E-state index contributed by atoms with van der Waals surface area (Å²) in [7, 11) is 0. The van der Waals surface area contributed by atoms with Gasteiger partial charge in [0.2, 0.25) is 5.91 Å². The number of hydrogen-bond donors (Lipinski definition) is 2. The third-order valence-electron chi connectivity index (χ3n) is 5.84. The average molecular weight is 471 g/mol. The van der Waals surface area contributed by atoms with E-state index in [0.717, 1.165) is 56.3 Å². The molecule has 5 nitrogen and oxygen atoms in total. The zero-order chi connectivity index (χ0) is 19.9. The molecule has 3 rings (SSSR count). The first kappa shape index (κ1) is 21.6. The quantitative estimate of drug-likeness (QED) is 0.636. The third-order valence-corrected chi connectivity index (χ3v) is 6.51. The maximum absolute atomic E-state index is 12.3. The molecule has 1 heterocycles. The minimum absolute atomic E-state index is 0.0831. The molecule has 7 heteroatoms. The van der Waals surface area contributed by atoms with Crippen LogP contribution in [0.25, 0.3) is 0 Å². The number of rotatable bonds is 7. The standard InChI is InChI=1S/C21H29BrClN3O2/c22-18-11-17(12-19(23)13-18)21(28)25-14-15-5-8-26(9-6-15)10-7-24-20(27)16-3-1-2-4-16/h11-13,15-16H,1-10,14H2,(H,24,27)(H,25,28). The van der Waals surface area contributed by atoms with E-state index in [1.165, 1.54) is 12.8 Å². The number of halogens is 2. The van der Waals surface area contributed by atoms with Gasteiger partial charge >= 0.3 is 0 Å². The Morgan fingerprint density at radius 1 is 1.07 bits per heavy atom.